The molecule has 2 aromatic rings. The van der Waals surface area contributed by atoms with Gasteiger partial charge in [-0.3, -0.25) is 9.69 Å². The molecule has 0 bridgehead atoms. The van der Waals surface area contributed by atoms with E-state index in [1.54, 1.807) is 28.9 Å². The number of likely N-dealkylation sites (tertiary alicyclic amines) is 2. The van der Waals surface area contributed by atoms with Gasteiger partial charge >= 0.3 is 0 Å². The number of hydrogen-bond acceptors (Lipinski definition) is 6. The van der Waals surface area contributed by atoms with Gasteiger partial charge in [-0.05, 0) is 37.1 Å². The summed E-state index contributed by atoms with van der Waals surface area (Å²) in [7, 11) is 0. The number of thiazole rings is 1. The molecule has 2 fully saturated rings. The smallest absolute Gasteiger partial charge is 0.273 e. The number of hydrogen-bond donors (Lipinski definition) is 0. The standard InChI is InChI=1S/C19H25N3O2S2/c23-18(14-17-2-1-12-25-17)22-8-3-15(4-9-22)21-10-5-16(6-11-21)24-19-20-7-13-26-19/h1-2,7,12-13,15-16H,3-6,8-11,14H2. The number of amides is 1. The van der Waals surface area contributed by atoms with Crippen LogP contribution in [0.25, 0.3) is 0 Å². The first kappa shape index (κ1) is 17.9. The van der Waals surface area contributed by atoms with E-state index in [1.807, 2.05) is 22.9 Å². The lowest BCUT2D eigenvalue weighted by Crippen LogP contribution is -2.50. The first-order chi connectivity index (χ1) is 12.8. The lowest BCUT2D eigenvalue weighted by atomic mass is 9.98. The summed E-state index contributed by atoms with van der Waals surface area (Å²) in [5, 5.41) is 4.79. The molecule has 2 aromatic heterocycles. The number of nitrogens with zero attached hydrogens (tertiary/aromatic N) is 3. The van der Waals surface area contributed by atoms with E-state index in [2.05, 4.69) is 14.8 Å². The largest absolute Gasteiger partial charge is 0.467 e. The zero-order chi connectivity index (χ0) is 17.8. The quantitative estimate of drug-likeness (QED) is 0.785. The lowest BCUT2D eigenvalue weighted by Gasteiger charge is -2.41. The van der Waals surface area contributed by atoms with Crippen molar-refractivity contribution in [2.75, 3.05) is 26.2 Å². The molecular weight excluding hydrogens is 366 g/mol. The Labute approximate surface area is 162 Å². The average Bonchev–Trinajstić information content (AvgIpc) is 3.37. The van der Waals surface area contributed by atoms with Gasteiger partial charge in [-0.25, -0.2) is 4.98 Å². The van der Waals surface area contributed by atoms with Crippen molar-refractivity contribution in [3.05, 3.63) is 34.0 Å². The molecule has 0 aromatic carbocycles. The summed E-state index contributed by atoms with van der Waals surface area (Å²) >= 11 is 3.23. The highest BCUT2D eigenvalue weighted by Gasteiger charge is 2.30. The Bertz CT molecular complexity index is 674. The summed E-state index contributed by atoms with van der Waals surface area (Å²) in [5.74, 6) is 0.279. The minimum Gasteiger partial charge on any atom is -0.467 e. The van der Waals surface area contributed by atoms with E-state index >= 15 is 0 Å². The van der Waals surface area contributed by atoms with Crippen molar-refractivity contribution in [2.45, 2.75) is 44.2 Å². The maximum Gasteiger partial charge on any atom is 0.273 e. The summed E-state index contributed by atoms with van der Waals surface area (Å²) in [6, 6.07) is 4.68. The van der Waals surface area contributed by atoms with Crippen LogP contribution in [0.1, 0.15) is 30.6 Å². The topological polar surface area (TPSA) is 45.7 Å². The predicted molar refractivity (Wildman–Crippen MR) is 105 cm³/mol. The number of aromatic nitrogens is 1. The summed E-state index contributed by atoms with van der Waals surface area (Å²) < 4.78 is 5.96. The van der Waals surface area contributed by atoms with Gasteiger partial charge in [0.2, 0.25) is 5.91 Å². The third-order valence-corrected chi connectivity index (χ3v) is 6.93. The molecule has 1 amide bonds. The van der Waals surface area contributed by atoms with Crippen LogP contribution >= 0.6 is 22.7 Å². The molecule has 4 heterocycles. The fraction of sp³-hybridized carbons (Fsp3) is 0.579. The van der Waals surface area contributed by atoms with Crippen molar-refractivity contribution in [3.63, 3.8) is 0 Å². The Morgan fingerprint density at radius 1 is 1.12 bits per heavy atom. The van der Waals surface area contributed by atoms with Crippen molar-refractivity contribution < 1.29 is 9.53 Å². The van der Waals surface area contributed by atoms with Crippen LogP contribution in [0, 0.1) is 0 Å². The van der Waals surface area contributed by atoms with Crippen LogP contribution in [0.5, 0.6) is 5.19 Å². The average molecular weight is 392 g/mol. The van der Waals surface area contributed by atoms with Gasteiger partial charge in [-0.1, -0.05) is 17.4 Å². The molecule has 0 atom stereocenters. The van der Waals surface area contributed by atoms with Gasteiger partial charge in [0.05, 0.1) is 6.42 Å². The summed E-state index contributed by atoms with van der Waals surface area (Å²) in [6.07, 6.45) is 6.96. The fourth-order valence-corrected chi connectivity index (χ4v) is 5.17. The highest BCUT2D eigenvalue weighted by atomic mass is 32.1. The summed E-state index contributed by atoms with van der Waals surface area (Å²) in [6.45, 7) is 3.96. The van der Waals surface area contributed by atoms with Gasteiger partial charge in [0.25, 0.3) is 5.19 Å². The highest BCUT2D eigenvalue weighted by Crippen LogP contribution is 2.25. The van der Waals surface area contributed by atoms with Crippen LogP contribution < -0.4 is 4.74 Å². The van der Waals surface area contributed by atoms with E-state index in [-0.39, 0.29) is 5.91 Å². The second-order valence-corrected chi connectivity index (χ2v) is 8.91. The molecule has 2 saturated heterocycles. The van der Waals surface area contributed by atoms with Crippen LogP contribution in [0.4, 0.5) is 0 Å². The number of carbonyl (C=O) groups is 1. The third kappa shape index (κ3) is 4.45. The number of ether oxygens (including phenoxy) is 1. The Balaban J connectivity index is 1.20. The van der Waals surface area contributed by atoms with E-state index in [0.717, 1.165) is 57.1 Å². The van der Waals surface area contributed by atoms with Crippen LogP contribution in [-0.4, -0.2) is 59.0 Å². The molecule has 5 nitrogen and oxygen atoms in total. The highest BCUT2D eigenvalue weighted by molar-refractivity contribution is 7.11. The Kier molecular flexibility index (Phi) is 5.87. The molecule has 0 N–H and O–H groups in total. The van der Waals surface area contributed by atoms with E-state index in [9.17, 15) is 4.79 Å². The van der Waals surface area contributed by atoms with Gasteiger partial charge in [-0.2, -0.15) is 0 Å². The molecule has 140 valence electrons. The number of thiophene rings is 1. The molecule has 26 heavy (non-hydrogen) atoms. The molecule has 2 aliphatic rings. The number of piperidine rings is 2. The molecule has 7 heteroatoms. The zero-order valence-electron chi connectivity index (χ0n) is 14.9. The van der Waals surface area contributed by atoms with E-state index in [1.165, 1.54) is 4.88 Å². The van der Waals surface area contributed by atoms with Crippen LogP contribution in [0.2, 0.25) is 0 Å². The van der Waals surface area contributed by atoms with Crippen molar-refractivity contribution in [3.8, 4) is 5.19 Å². The van der Waals surface area contributed by atoms with Crippen LogP contribution in [-0.2, 0) is 11.2 Å². The minimum absolute atomic E-state index is 0.279. The van der Waals surface area contributed by atoms with Gasteiger partial charge in [0, 0.05) is 48.7 Å². The van der Waals surface area contributed by atoms with Gasteiger partial charge in [0.15, 0.2) is 0 Å². The zero-order valence-corrected chi connectivity index (χ0v) is 16.5. The second-order valence-electron chi connectivity index (χ2n) is 7.02. The lowest BCUT2D eigenvalue weighted by molar-refractivity contribution is -0.132. The van der Waals surface area contributed by atoms with Crippen molar-refractivity contribution in [2.24, 2.45) is 0 Å². The SMILES string of the molecule is O=C(Cc1cccs1)N1CCC(N2CCC(Oc3nccs3)CC2)CC1. The molecule has 0 aliphatic carbocycles. The van der Waals surface area contributed by atoms with Crippen molar-refractivity contribution >= 4 is 28.6 Å². The van der Waals surface area contributed by atoms with E-state index in [0.29, 0.717) is 18.6 Å². The van der Waals surface area contributed by atoms with E-state index < -0.39 is 0 Å². The molecule has 0 radical (unpaired) electrons. The monoisotopic (exact) mass is 391 g/mol. The van der Waals surface area contributed by atoms with Gasteiger partial charge in [0.1, 0.15) is 6.10 Å². The maximum absolute atomic E-state index is 12.4. The van der Waals surface area contributed by atoms with Crippen LogP contribution in [0.15, 0.2) is 29.1 Å². The first-order valence-electron chi connectivity index (χ1n) is 9.38. The van der Waals surface area contributed by atoms with Crippen molar-refractivity contribution in [1.82, 2.24) is 14.8 Å². The summed E-state index contributed by atoms with van der Waals surface area (Å²) in [5.41, 5.74) is 0. The van der Waals surface area contributed by atoms with Gasteiger partial charge in [-0.15, -0.1) is 11.3 Å². The number of rotatable bonds is 5. The van der Waals surface area contributed by atoms with Crippen molar-refractivity contribution in [1.29, 1.82) is 0 Å². The van der Waals surface area contributed by atoms with Crippen LogP contribution in [0.3, 0.4) is 0 Å². The molecule has 0 unspecified atom stereocenters. The molecule has 0 saturated carbocycles. The fourth-order valence-electron chi connectivity index (χ4n) is 3.92. The molecule has 4 rings (SSSR count). The third-order valence-electron chi connectivity index (χ3n) is 5.39. The second kappa shape index (κ2) is 8.50. The molecular formula is C19H25N3O2S2. The molecule has 2 aliphatic heterocycles. The Morgan fingerprint density at radius 2 is 1.92 bits per heavy atom. The normalized spacial score (nSPS) is 20.4. The maximum atomic E-state index is 12.4. The Hall–Kier alpha value is -1.44. The molecule has 0 spiro atoms. The van der Waals surface area contributed by atoms with E-state index in [4.69, 9.17) is 4.74 Å². The van der Waals surface area contributed by atoms with Gasteiger partial charge < -0.3 is 9.64 Å². The first-order valence-corrected chi connectivity index (χ1v) is 11.1. The number of carbonyl (C=O) groups excluding carboxylic acids is 1. The Morgan fingerprint density at radius 3 is 2.58 bits per heavy atom. The summed E-state index contributed by atoms with van der Waals surface area (Å²) in [4.78, 5) is 22.5. The minimum atomic E-state index is 0.279. The predicted octanol–water partition coefficient (Wildman–Crippen LogP) is 3.28.